The first-order chi connectivity index (χ1) is 9.63. The van der Waals surface area contributed by atoms with Crippen LogP contribution in [0.4, 0.5) is 5.69 Å². The SMILES string of the molecule is CCN(Cc1cc(C(=O)NN)co1)c1cccc(O)c1. The number of hydrazine groups is 1. The highest BCUT2D eigenvalue weighted by Crippen LogP contribution is 2.22. The van der Waals surface area contributed by atoms with Crippen LogP contribution in [-0.2, 0) is 6.54 Å². The predicted octanol–water partition coefficient (Wildman–Crippen LogP) is 1.62. The summed E-state index contributed by atoms with van der Waals surface area (Å²) in [6.07, 6.45) is 1.37. The van der Waals surface area contributed by atoms with E-state index in [0.29, 0.717) is 17.9 Å². The fourth-order valence-corrected chi connectivity index (χ4v) is 1.93. The number of phenols is 1. The monoisotopic (exact) mass is 275 g/mol. The van der Waals surface area contributed by atoms with E-state index in [2.05, 4.69) is 5.43 Å². The quantitative estimate of drug-likeness (QED) is 0.438. The summed E-state index contributed by atoms with van der Waals surface area (Å²) in [6, 6.07) is 8.63. The molecule has 2 rings (SSSR count). The van der Waals surface area contributed by atoms with Gasteiger partial charge in [0.25, 0.3) is 5.91 Å². The molecule has 0 fully saturated rings. The minimum absolute atomic E-state index is 0.212. The second-order valence-corrected chi connectivity index (χ2v) is 4.31. The van der Waals surface area contributed by atoms with Crippen molar-refractivity contribution in [3.05, 3.63) is 47.9 Å². The molecule has 0 bridgehead atoms. The summed E-state index contributed by atoms with van der Waals surface area (Å²) in [4.78, 5) is 13.4. The number of aromatic hydroxyl groups is 1. The van der Waals surface area contributed by atoms with Crippen molar-refractivity contribution < 1.29 is 14.3 Å². The molecule has 20 heavy (non-hydrogen) atoms. The van der Waals surface area contributed by atoms with Crippen LogP contribution in [0.3, 0.4) is 0 Å². The third-order valence-electron chi connectivity index (χ3n) is 2.97. The van der Waals surface area contributed by atoms with Crippen LogP contribution >= 0.6 is 0 Å². The standard InChI is InChI=1S/C14H17N3O3/c1-2-17(11-4-3-5-12(18)7-11)8-13-6-10(9-20-13)14(19)16-15/h3-7,9,18H,2,8,15H2,1H3,(H,16,19). The van der Waals surface area contributed by atoms with Crippen molar-refractivity contribution in [3.8, 4) is 5.75 Å². The van der Waals surface area contributed by atoms with E-state index in [0.717, 1.165) is 12.2 Å². The number of nitrogens with one attached hydrogen (secondary N) is 1. The zero-order valence-corrected chi connectivity index (χ0v) is 11.2. The first-order valence-corrected chi connectivity index (χ1v) is 6.26. The van der Waals surface area contributed by atoms with Crippen molar-refractivity contribution in [2.75, 3.05) is 11.4 Å². The molecule has 1 amide bonds. The number of hydrogen-bond donors (Lipinski definition) is 3. The number of amides is 1. The molecule has 0 aliphatic heterocycles. The maximum atomic E-state index is 11.4. The fourth-order valence-electron chi connectivity index (χ4n) is 1.93. The van der Waals surface area contributed by atoms with Crippen LogP contribution in [0, 0.1) is 0 Å². The van der Waals surface area contributed by atoms with Crippen LogP contribution in [0.1, 0.15) is 23.0 Å². The summed E-state index contributed by atoms with van der Waals surface area (Å²) in [5.41, 5.74) is 3.32. The molecule has 0 atom stereocenters. The van der Waals surface area contributed by atoms with Crippen LogP contribution in [0.15, 0.2) is 41.0 Å². The van der Waals surface area contributed by atoms with E-state index >= 15 is 0 Å². The Morgan fingerprint density at radius 2 is 2.25 bits per heavy atom. The highest BCUT2D eigenvalue weighted by Gasteiger charge is 2.12. The second-order valence-electron chi connectivity index (χ2n) is 4.31. The van der Waals surface area contributed by atoms with Crippen LogP contribution in [0.5, 0.6) is 5.75 Å². The van der Waals surface area contributed by atoms with Crippen LogP contribution < -0.4 is 16.2 Å². The van der Waals surface area contributed by atoms with Gasteiger partial charge >= 0.3 is 0 Å². The van der Waals surface area contributed by atoms with E-state index in [-0.39, 0.29) is 11.7 Å². The summed E-state index contributed by atoms with van der Waals surface area (Å²) >= 11 is 0. The number of benzene rings is 1. The predicted molar refractivity (Wildman–Crippen MR) is 75.2 cm³/mol. The van der Waals surface area contributed by atoms with Gasteiger partial charge in [0.15, 0.2) is 0 Å². The topological polar surface area (TPSA) is 91.7 Å². The number of nitrogens with zero attached hydrogens (tertiary/aromatic N) is 1. The first kappa shape index (κ1) is 14.0. The van der Waals surface area contributed by atoms with Crippen molar-refractivity contribution in [1.82, 2.24) is 5.43 Å². The lowest BCUT2D eigenvalue weighted by molar-refractivity contribution is 0.0953. The lowest BCUT2D eigenvalue weighted by Crippen LogP contribution is -2.29. The van der Waals surface area contributed by atoms with Gasteiger partial charge in [-0.05, 0) is 25.1 Å². The lowest BCUT2D eigenvalue weighted by atomic mass is 10.2. The lowest BCUT2D eigenvalue weighted by Gasteiger charge is -2.21. The van der Waals surface area contributed by atoms with Crippen molar-refractivity contribution in [2.45, 2.75) is 13.5 Å². The van der Waals surface area contributed by atoms with E-state index in [1.165, 1.54) is 6.26 Å². The average molecular weight is 275 g/mol. The number of phenolic OH excluding ortho intramolecular Hbond substituents is 1. The van der Waals surface area contributed by atoms with Crippen molar-refractivity contribution in [1.29, 1.82) is 0 Å². The Labute approximate surface area is 116 Å². The molecule has 4 N–H and O–H groups in total. The highest BCUT2D eigenvalue weighted by atomic mass is 16.3. The third-order valence-corrected chi connectivity index (χ3v) is 2.97. The molecule has 6 heteroatoms. The second kappa shape index (κ2) is 6.12. The minimum Gasteiger partial charge on any atom is -0.508 e. The van der Waals surface area contributed by atoms with Gasteiger partial charge in [0.05, 0.1) is 12.1 Å². The van der Waals surface area contributed by atoms with Crippen LogP contribution in [-0.4, -0.2) is 17.6 Å². The normalized spacial score (nSPS) is 10.3. The van der Waals surface area contributed by atoms with E-state index in [4.69, 9.17) is 10.3 Å². The molecule has 0 saturated heterocycles. The maximum Gasteiger partial charge on any atom is 0.268 e. The number of furan rings is 1. The Morgan fingerprint density at radius 1 is 1.45 bits per heavy atom. The number of hydrogen-bond acceptors (Lipinski definition) is 5. The maximum absolute atomic E-state index is 11.4. The van der Waals surface area contributed by atoms with Gasteiger partial charge in [0, 0.05) is 18.3 Å². The molecule has 0 saturated carbocycles. The van der Waals surface area contributed by atoms with Crippen molar-refractivity contribution in [2.24, 2.45) is 5.84 Å². The number of nitrogen functional groups attached to an aromatic ring is 1. The van der Waals surface area contributed by atoms with Gasteiger partial charge in [-0.25, -0.2) is 5.84 Å². The summed E-state index contributed by atoms with van der Waals surface area (Å²) in [5.74, 6) is 5.54. The molecule has 1 aromatic heterocycles. The molecule has 2 aromatic rings. The molecule has 0 unspecified atom stereocenters. The highest BCUT2D eigenvalue weighted by molar-refractivity contribution is 5.93. The van der Waals surface area contributed by atoms with Gasteiger partial charge in [-0.3, -0.25) is 10.2 Å². The van der Waals surface area contributed by atoms with Gasteiger partial charge in [0.2, 0.25) is 0 Å². The molecule has 0 aliphatic carbocycles. The van der Waals surface area contributed by atoms with Gasteiger partial charge in [0.1, 0.15) is 17.8 Å². The molecule has 1 aromatic carbocycles. The molecule has 106 valence electrons. The minimum atomic E-state index is -0.389. The Morgan fingerprint density at radius 3 is 2.90 bits per heavy atom. The van der Waals surface area contributed by atoms with Gasteiger partial charge in [-0.1, -0.05) is 6.07 Å². The summed E-state index contributed by atoms with van der Waals surface area (Å²) < 4.78 is 5.35. The van der Waals surface area contributed by atoms with Gasteiger partial charge < -0.3 is 14.4 Å². The smallest absolute Gasteiger partial charge is 0.268 e. The average Bonchev–Trinajstić information content (AvgIpc) is 2.92. The molecule has 0 spiro atoms. The summed E-state index contributed by atoms with van der Waals surface area (Å²) in [7, 11) is 0. The molecular formula is C14H17N3O3. The van der Waals surface area contributed by atoms with Crippen molar-refractivity contribution >= 4 is 11.6 Å². The van der Waals surface area contributed by atoms with Gasteiger partial charge in [-0.15, -0.1) is 0 Å². The van der Waals surface area contributed by atoms with Crippen LogP contribution in [0.25, 0.3) is 0 Å². The largest absolute Gasteiger partial charge is 0.508 e. The number of carbonyl (C=O) groups excluding carboxylic acids is 1. The number of nitrogens with two attached hydrogens (primary N) is 1. The molecular weight excluding hydrogens is 258 g/mol. The molecule has 0 radical (unpaired) electrons. The number of rotatable bonds is 5. The Kier molecular flexibility index (Phi) is 4.27. The molecule has 1 heterocycles. The van der Waals surface area contributed by atoms with Crippen LogP contribution in [0.2, 0.25) is 0 Å². The Bertz CT molecular complexity index is 595. The third kappa shape index (κ3) is 3.10. The number of carbonyl (C=O) groups is 1. The van der Waals surface area contributed by atoms with E-state index < -0.39 is 0 Å². The zero-order chi connectivity index (χ0) is 14.5. The van der Waals surface area contributed by atoms with Gasteiger partial charge in [-0.2, -0.15) is 0 Å². The van der Waals surface area contributed by atoms with E-state index in [1.807, 2.05) is 17.9 Å². The van der Waals surface area contributed by atoms with Crippen molar-refractivity contribution in [3.63, 3.8) is 0 Å². The van der Waals surface area contributed by atoms with E-state index in [1.54, 1.807) is 24.3 Å². The zero-order valence-electron chi connectivity index (χ0n) is 11.2. The molecule has 6 nitrogen and oxygen atoms in total. The Balaban J connectivity index is 2.14. The number of anilines is 1. The summed E-state index contributed by atoms with van der Waals surface area (Å²) in [5, 5.41) is 9.52. The van der Waals surface area contributed by atoms with E-state index in [9.17, 15) is 9.90 Å². The fraction of sp³-hybridized carbons (Fsp3) is 0.214. The molecule has 0 aliphatic rings. The first-order valence-electron chi connectivity index (χ1n) is 6.26. The summed E-state index contributed by atoms with van der Waals surface area (Å²) in [6.45, 7) is 3.24. The Hall–Kier alpha value is -2.47.